The van der Waals surface area contributed by atoms with Gasteiger partial charge in [0.15, 0.2) is 11.7 Å². The number of rotatable bonds is 9. The maximum Gasteiger partial charge on any atom is 0.238 e. The Hall–Kier alpha value is -3.52. The third kappa shape index (κ3) is 7.24. The van der Waals surface area contributed by atoms with Crippen LogP contribution in [-0.4, -0.2) is 59.3 Å². The van der Waals surface area contributed by atoms with Gasteiger partial charge >= 0.3 is 0 Å². The van der Waals surface area contributed by atoms with Gasteiger partial charge in [-0.15, -0.1) is 0 Å². The molecule has 1 N–H and O–H groups in total. The zero-order valence-electron chi connectivity index (χ0n) is 20.9. The minimum absolute atomic E-state index is 0.0525. The van der Waals surface area contributed by atoms with Gasteiger partial charge in [0.05, 0.1) is 12.7 Å². The van der Waals surface area contributed by atoms with E-state index >= 15 is 0 Å². The number of nitrogens with one attached hydrogen (secondary N) is 1. The molecule has 2 heterocycles. The van der Waals surface area contributed by atoms with Gasteiger partial charge in [-0.2, -0.15) is 0 Å². The van der Waals surface area contributed by atoms with Crippen molar-refractivity contribution in [2.75, 3.05) is 38.0 Å². The predicted octanol–water partition coefficient (Wildman–Crippen LogP) is 4.39. The van der Waals surface area contributed by atoms with Crippen molar-refractivity contribution >= 4 is 17.5 Å². The Kier molecular flexibility index (Phi) is 8.48. The highest BCUT2D eigenvalue weighted by atomic mass is 19.1. The molecule has 3 aromatic rings. The lowest BCUT2D eigenvalue weighted by atomic mass is 10.0. The number of aryl methyl sites for hydroxylation is 1. The Morgan fingerprint density at radius 1 is 1.08 bits per heavy atom. The molecule has 1 aliphatic heterocycles. The number of hydrogen-bond acceptors (Lipinski definition) is 5. The molecule has 0 spiro atoms. The number of aromatic nitrogens is 1. The first kappa shape index (κ1) is 25.6. The normalized spacial score (nSPS) is 14.3. The quantitative estimate of drug-likeness (QED) is 0.479. The largest absolute Gasteiger partial charge is 0.441 e. The van der Waals surface area contributed by atoms with Crippen LogP contribution in [0.15, 0.2) is 59.1 Å². The van der Waals surface area contributed by atoms with Crippen LogP contribution in [0.2, 0.25) is 0 Å². The molecule has 1 aromatic heterocycles. The van der Waals surface area contributed by atoms with Crippen LogP contribution < -0.4 is 5.32 Å². The molecule has 0 atom stereocenters. The Labute approximate surface area is 211 Å². The van der Waals surface area contributed by atoms with Crippen LogP contribution in [0.5, 0.6) is 0 Å². The number of benzene rings is 2. The molecule has 4 rings (SSSR count). The van der Waals surface area contributed by atoms with Crippen LogP contribution >= 0.6 is 0 Å². The van der Waals surface area contributed by atoms with Gasteiger partial charge in [0.1, 0.15) is 5.82 Å². The predicted molar refractivity (Wildman–Crippen MR) is 137 cm³/mol. The summed E-state index contributed by atoms with van der Waals surface area (Å²) in [6.07, 6.45) is 3.53. The van der Waals surface area contributed by atoms with Crippen molar-refractivity contribution in [2.45, 2.75) is 33.1 Å². The Bertz CT molecular complexity index is 1170. The summed E-state index contributed by atoms with van der Waals surface area (Å²) in [5.41, 5.74) is 2.71. The average Bonchev–Trinajstić information content (AvgIpc) is 3.32. The summed E-state index contributed by atoms with van der Waals surface area (Å²) in [4.78, 5) is 33.1. The van der Waals surface area contributed by atoms with Gasteiger partial charge in [0.2, 0.25) is 11.8 Å². The number of carbonyl (C=O) groups is 2. The van der Waals surface area contributed by atoms with Gasteiger partial charge in [-0.25, -0.2) is 9.37 Å². The molecule has 36 heavy (non-hydrogen) atoms. The average molecular weight is 493 g/mol. The minimum Gasteiger partial charge on any atom is -0.441 e. The molecule has 1 saturated heterocycles. The van der Waals surface area contributed by atoms with Crippen LogP contribution in [0, 0.1) is 11.7 Å². The number of anilines is 1. The summed E-state index contributed by atoms with van der Waals surface area (Å²) in [7, 11) is 0. The first-order valence-electron chi connectivity index (χ1n) is 12.5. The van der Waals surface area contributed by atoms with E-state index in [4.69, 9.17) is 4.42 Å². The molecule has 2 amide bonds. The first-order chi connectivity index (χ1) is 17.4. The Morgan fingerprint density at radius 2 is 1.83 bits per heavy atom. The standard InChI is InChI=1S/C28H33FN4O3/c1-20(2)16-21-6-8-22(9-7-21)25-18-30-27(36-25)10-11-28(35)33-14-12-32(13-15-33)19-26(34)31-24-5-3-4-23(29)17-24/h3-9,17-18,20H,10-16,19H2,1-2H3,(H,31,34). The molecular formula is C28H33FN4O3. The summed E-state index contributed by atoms with van der Waals surface area (Å²) < 4.78 is 19.2. The van der Waals surface area contributed by atoms with Crippen LogP contribution in [-0.2, 0) is 22.4 Å². The number of piperazine rings is 1. The van der Waals surface area contributed by atoms with Crippen LogP contribution in [0.4, 0.5) is 10.1 Å². The fourth-order valence-electron chi connectivity index (χ4n) is 4.33. The molecule has 8 heteroatoms. The van der Waals surface area contributed by atoms with Crippen molar-refractivity contribution in [3.05, 3.63) is 72.0 Å². The smallest absolute Gasteiger partial charge is 0.238 e. The maximum atomic E-state index is 13.3. The highest BCUT2D eigenvalue weighted by Gasteiger charge is 2.23. The molecule has 0 aliphatic carbocycles. The second-order valence-corrected chi connectivity index (χ2v) is 9.63. The molecule has 1 aliphatic rings. The summed E-state index contributed by atoms with van der Waals surface area (Å²) in [5, 5.41) is 2.71. The van der Waals surface area contributed by atoms with E-state index in [1.54, 1.807) is 18.3 Å². The van der Waals surface area contributed by atoms with E-state index in [2.05, 4.69) is 36.3 Å². The minimum atomic E-state index is -0.392. The van der Waals surface area contributed by atoms with Gasteiger partial charge in [-0.3, -0.25) is 14.5 Å². The fourth-order valence-corrected chi connectivity index (χ4v) is 4.33. The molecule has 0 saturated carbocycles. The molecule has 0 bridgehead atoms. The Morgan fingerprint density at radius 3 is 2.53 bits per heavy atom. The monoisotopic (exact) mass is 492 g/mol. The molecule has 0 radical (unpaired) electrons. The number of oxazole rings is 1. The zero-order valence-corrected chi connectivity index (χ0v) is 20.9. The van der Waals surface area contributed by atoms with E-state index in [1.807, 2.05) is 21.9 Å². The van der Waals surface area contributed by atoms with E-state index in [0.29, 0.717) is 62.3 Å². The van der Waals surface area contributed by atoms with E-state index in [0.717, 1.165) is 12.0 Å². The highest BCUT2D eigenvalue weighted by Crippen LogP contribution is 2.22. The number of halogens is 1. The van der Waals surface area contributed by atoms with Crippen molar-refractivity contribution in [3.63, 3.8) is 0 Å². The van der Waals surface area contributed by atoms with Crippen molar-refractivity contribution < 1.29 is 18.4 Å². The van der Waals surface area contributed by atoms with Gasteiger partial charge in [0.25, 0.3) is 0 Å². The number of carbonyl (C=O) groups excluding carboxylic acids is 2. The number of hydrogen-bond donors (Lipinski definition) is 1. The van der Waals surface area contributed by atoms with Crippen LogP contribution in [0.3, 0.4) is 0 Å². The van der Waals surface area contributed by atoms with Gasteiger partial charge in [-0.1, -0.05) is 44.2 Å². The molecule has 1 fully saturated rings. The van der Waals surface area contributed by atoms with Crippen molar-refractivity contribution in [2.24, 2.45) is 5.92 Å². The SMILES string of the molecule is CC(C)Cc1ccc(-c2cnc(CCC(=O)N3CCN(CC(=O)Nc4cccc(F)c4)CC3)o2)cc1. The molecule has 7 nitrogen and oxygen atoms in total. The van der Waals surface area contributed by atoms with Gasteiger partial charge in [-0.05, 0) is 36.1 Å². The molecular weight excluding hydrogens is 459 g/mol. The second-order valence-electron chi connectivity index (χ2n) is 9.63. The topological polar surface area (TPSA) is 78.7 Å². The second kappa shape index (κ2) is 11.9. The van der Waals surface area contributed by atoms with E-state index in [1.165, 1.54) is 17.7 Å². The lowest BCUT2D eigenvalue weighted by molar-refractivity contribution is -0.133. The number of amides is 2. The third-order valence-corrected chi connectivity index (χ3v) is 6.19. The van der Waals surface area contributed by atoms with E-state index in [-0.39, 0.29) is 18.4 Å². The van der Waals surface area contributed by atoms with E-state index in [9.17, 15) is 14.0 Å². The summed E-state index contributed by atoms with van der Waals surface area (Å²) in [6, 6.07) is 14.2. The zero-order chi connectivity index (χ0) is 25.5. The summed E-state index contributed by atoms with van der Waals surface area (Å²) in [6.45, 7) is 6.95. The van der Waals surface area contributed by atoms with Crippen molar-refractivity contribution in [3.8, 4) is 11.3 Å². The summed E-state index contributed by atoms with van der Waals surface area (Å²) in [5.74, 6) is 1.33. The fraction of sp³-hybridized carbons (Fsp3) is 0.393. The van der Waals surface area contributed by atoms with Gasteiger partial charge < -0.3 is 14.6 Å². The van der Waals surface area contributed by atoms with Crippen molar-refractivity contribution in [1.82, 2.24) is 14.8 Å². The lowest BCUT2D eigenvalue weighted by Gasteiger charge is -2.34. The lowest BCUT2D eigenvalue weighted by Crippen LogP contribution is -2.50. The van der Waals surface area contributed by atoms with Crippen molar-refractivity contribution in [1.29, 1.82) is 0 Å². The first-order valence-corrected chi connectivity index (χ1v) is 12.5. The van der Waals surface area contributed by atoms with Gasteiger partial charge in [0, 0.05) is 50.3 Å². The van der Waals surface area contributed by atoms with Crippen LogP contribution in [0.25, 0.3) is 11.3 Å². The summed E-state index contributed by atoms with van der Waals surface area (Å²) >= 11 is 0. The molecule has 2 aromatic carbocycles. The third-order valence-electron chi connectivity index (χ3n) is 6.19. The molecule has 0 unspecified atom stereocenters. The number of nitrogens with zero attached hydrogens (tertiary/aromatic N) is 3. The highest BCUT2D eigenvalue weighted by molar-refractivity contribution is 5.92. The van der Waals surface area contributed by atoms with E-state index < -0.39 is 5.82 Å². The Balaban J connectivity index is 1.19. The van der Waals surface area contributed by atoms with Crippen LogP contribution in [0.1, 0.15) is 31.7 Å². The molecule has 190 valence electrons. The maximum absolute atomic E-state index is 13.3.